The number of primary sulfonamides is 1. The van der Waals surface area contributed by atoms with Crippen LogP contribution >= 0.6 is 11.3 Å². The summed E-state index contributed by atoms with van der Waals surface area (Å²) in [6, 6.07) is 3.06. The van der Waals surface area contributed by atoms with Crippen molar-refractivity contribution in [3.8, 4) is 0 Å². The molecule has 1 aliphatic rings. The molecule has 7 nitrogen and oxygen atoms in total. The van der Waals surface area contributed by atoms with Crippen molar-refractivity contribution < 1.29 is 18.3 Å². The van der Waals surface area contributed by atoms with Crippen LogP contribution in [0.25, 0.3) is 0 Å². The number of aliphatic hydroxyl groups excluding tert-OH is 1. The lowest BCUT2D eigenvalue weighted by Gasteiger charge is -2.35. The number of hydrogen-bond acceptors (Lipinski definition) is 6. The number of hydrogen-bond donors (Lipinski definition) is 2. The molecule has 1 amide bonds. The van der Waals surface area contributed by atoms with E-state index in [1.165, 1.54) is 6.07 Å². The van der Waals surface area contributed by atoms with E-state index < -0.39 is 10.0 Å². The zero-order valence-corrected chi connectivity index (χ0v) is 14.1. The highest BCUT2D eigenvalue weighted by Crippen LogP contribution is 2.21. The van der Waals surface area contributed by atoms with Gasteiger partial charge in [-0.1, -0.05) is 0 Å². The standard InChI is InChI=1S/C13H21N3O4S2/c1-10(17)9-15-4-6-16(7-5-15)12(18)8-11-2-3-13(21-11)22(14,19)20/h2-3,10,17H,4-9H2,1H3,(H2,14,19,20). The first-order chi connectivity index (χ1) is 10.3. The second-order valence-electron chi connectivity index (χ2n) is 5.47. The van der Waals surface area contributed by atoms with Crippen LogP contribution < -0.4 is 5.14 Å². The minimum absolute atomic E-state index is 0.0143. The number of sulfonamides is 1. The van der Waals surface area contributed by atoms with Crippen molar-refractivity contribution >= 4 is 27.3 Å². The first-order valence-corrected chi connectivity index (χ1v) is 9.41. The molecule has 9 heteroatoms. The molecule has 0 spiro atoms. The van der Waals surface area contributed by atoms with Gasteiger partial charge in [-0.2, -0.15) is 0 Å². The summed E-state index contributed by atoms with van der Waals surface area (Å²) < 4.78 is 22.5. The predicted molar refractivity (Wildman–Crippen MR) is 84.1 cm³/mol. The van der Waals surface area contributed by atoms with Gasteiger partial charge in [0, 0.05) is 37.6 Å². The Morgan fingerprint density at radius 3 is 2.50 bits per heavy atom. The van der Waals surface area contributed by atoms with Gasteiger partial charge in [-0.15, -0.1) is 11.3 Å². The third kappa shape index (κ3) is 4.75. The molecule has 1 aromatic heterocycles. The van der Waals surface area contributed by atoms with E-state index in [9.17, 15) is 18.3 Å². The van der Waals surface area contributed by atoms with Crippen molar-refractivity contribution in [1.29, 1.82) is 0 Å². The molecule has 1 fully saturated rings. The van der Waals surface area contributed by atoms with Crippen LogP contribution in [0.2, 0.25) is 0 Å². The second-order valence-corrected chi connectivity index (χ2v) is 8.43. The minimum Gasteiger partial charge on any atom is -0.392 e. The number of nitrogens with zero attached hydrogens (tertiary/aromatic N) is 2. The fraction of sp³-hybridized carbons (Fsp3) is 0.615. The van der Waals surface area contributed by atoms with E-state index in [-0.39, 0.29) is 22.6 Å². The van der Waals surface area contributed by atoms with E-state index in [1.54, 1.807) is 17.9 Å². The maximum absolute atomic E-state index is 12.2. The molecule has 1 atom stereocenters. The Morgan fingerprint density at radius 1 is 1.36 bits per heavy atom. The number of amides is 1. The Hall–Kier alpha value is -1.00. The molecule has 0 aliphatic carbocycles. The van der Waals surface area contributed by atoms with Gasteiger partial charge in [-0.3, -0.25) is 9.69 Å². The molecule has 2 heterocycles. The summed E-state index contributed by atoms with van der Waals surface area (Å²) >= 11 is 1.04. The summed E-state index contributed by atoms with van der Waals surface area (Å²) in [5.74, 6) is -0.0143. The molecular weight excluding hydrogens is 326 g/mol. The van der Waals surface area contributed by atoms with Gasteiger partial charge in [-0.25, -0.2) is 13.6 Å². The Kier molecular flexibility index (Phi) is 5.56. The first-order valence-electron chi connectivity index (χ1n) is 7.05. The molecule has 1 aromatic rings. The van der Waals surface area contributed by atoms with E-state index in [4.69, 9.17) is 5.14 Å². The van der Waals surface area contributed by atoms with Crippen LogP contribution in [0.15, 0.2) is 16.3 Å². The summed E-state index contributed by atoms with van der Waals surface area (Å²) in [5, 5.41) is 14.4. The highest BCUT2D eigenvalue weighted by molar-refractivity contribution is 7.91. The Bertz CT molecular complexity index is 619. The summed E-state index contributed by atoms with van der Waals surface area (Å²) in [7, 11) is -3.70. The number of thiophene rings is 1. The molecule has 1 saturated heterocycles. The van der Waals surface area contributed by atoms with Gasteiger partial charge in [0.1, 0.15) is 4.21 Å². The molecule has 1 unspecified atom stereocenters. The zero-order chi connectivity index (χ0) is 16.3. The predicted octanol–water partition coefficient (Wildman–Crippen LogP) is -0.537. The zero-order valence-electron chi connectivity index (χ0n) is 12.4. The normalized spacial score (nSPS) is 18.4. The van der Waals surface area contributed by atoms with E-state index in [1.807, 2.05) is 0 Å². The lowest BCUT2D eigenvalue weighted by Crippen LogP contribution is -2.50. The van der Waals surface area contributed by atoms with Gasteiger partial charge >= 0.3 is 0 Å². The number of piperazine rings is 1. The van der Waals surface area contributed by atoms with E-state index in [0.717, 1.165) is 24.4 Å². The number of carbonyl (C=O) groups is 1. The Morgan fingerprint density at radius 2 is 2.00 bits per heavy atom. The van der Waals surface area contributed by atoms with Gasteiger partial charge in [0.05, 0.1) is 12.5 Å². The van der Waals surface area contributed by atoms with Crippen LogP contribution in [0.1, 0.15) is 11.8 Å². The van der Waals surface area contributed by atoms with Crippen LogP contribution in [0, 0.1) is 0 Å². The molecule has 124 valence electrons. The van der Waals surface area contributed by atoms with Crippen LogP contribution in [-0.2, 0) is 21.2 Å². The van der Waals surface area contributed by atoms with Gasteiger partial charge in [0.2, 0.25) is 15.9 Å². The van der Waals surface area contributed by atoms with Crippen molar-refractivity contribution in [3.63, 3.8) is 0 Å². The average Bonchev–Trinajstić information content (AvgIpc) is 2.87. The molecule has 3 N–H and O–H groups in total. The van der Waals surface area contributed by atoms with E-state index in [2.05, 4.69) is 4.90 Å². The van der Waals surface area contributed by atoms with E-state index in [0.29, 0.717) is 24.5 Å². The summed E-state index contributed by atoms with van der Waals surface area (Å²) in [5.41, 5.74) is 0. The molecule has 22 heavy (non-hydrogen) atoms. The molecule has 1 aliphatic heterocycles. The third-order valence-corrected chi connectivity index (χ3v) is 6.01. The van der Waals surface area contributed by atoms with Crippen molar-refractivity contribution in [1.82, 2.24) is 9.80 Å². The number of aliphatic hydroxyl groups is 1. The largest absolute Gasteiger partial charge is 0.392 e. The fourth-order valence-corrected chi connectivity index (χ4v) is 4.19. The Labute approximate surface area is 134 Å². The third-order valence-electron chi connectivity index (χ3n) is 3.49. The van der Waals surface area contributed by atoms with E-state index >= 15 is 0 Å². The lowest BCUT2D eigenvalue weighted by molar-refractivity contribution is -0.132. The number of carbonyl (C=O) groups excluding carboxylic acids is 1. The molecule has 0 aromatic carbocycles. The van der Waals surface area contributed by atoms with Gasteiger partial charge in [-0.05, 0) is 19.1 Å². The van der Waals surface area contributed by atoms with Crippen LogP contribution in [0.5, 0.6) is 0 Å². The van der Waals surface area contributed by atoms with Gasteiger partial charge in [0.25, 0.3) is 0 Å². The molecule has 0 radical (unpaired) electrons. The fourth-order valence-electron chi connectivity index (χ4n) is 2.42. The molecule has 0 saturated carbocycles. The lowest BCUT2D eigenvalue weighted by atomic mass is 10.2. The number of rotatable bonds is 5. The Balaban J connectivity index is 1.87. The second kappa shape index (κ2) is 7.05. The van der Waals surface area contributed by atoms with Crippen LogP contribution in [-0.4, -0.2) is 68.1 Å². The molecular formula is C13H21N3O4S2. The van der Waals surface area contributed by atoms with Crippen LogP contribution in [0.4, 0.5) is 0 Å². The van der Waals surface area contributed by atoms with Crippen molar-refractivity contribution in [3.05, 3.63) is 17.0 Å². The summed E-state index contributed by atoms with van der Waals surface area (Å²) in [4.78, 5) is 16.8. The minimum atomic E-state index is -3.70. The smallest absolute Gasteiger partial charge is 0.247 e. The topological polar surface area (TPSA) is 104 Å². The molecule has 0 bridgehead atoms. The average molecular weight is 347 g/mol. The first kappa shape index (κ1) is 17.4. The summed E-state index contributed by atoms with van der Waals surface area (Å²) in [6.45, 7) is 5.09. The maximum atomic E-state index is 12.2. The number of nitrogens with two attached hydrogens (primary N) is 1. The van der Waals surface area contributed by atoms with Crippen molar-refractivity contribution in [2.75, 3.05) is 32.7 Å². The SMILES string of the molecule is CC(O)CN1CCN(C(=O)Cc2ccc(S(N)(=O)=O)s2)CC1. The number of β-amino-alcohol motifs (C(OH)–C–C–N with tert-alkyl or cyclic N) is 1. The molecule has 2 rings (SSSR count). The van der Waals surface area contributed by atoms with Gasteiger partial charge in [0.15, 0.2) is 0 Å². The quantitative estimate of drug-likeness (QED) is 0.745. The van der Waals surface area contributed by atoms with Gasteiger partial charge < -0.3 is 10.0 Å². The monoisotopic (exact) mass is 347 g/mol. The summed E-state index contributed by atoms with van der Waals surface area (Å²) in [6.07, 6.45) is -0.179. The van der Waals surface area contributed by atoms with Crippen molar-refractivity contribution in [2.24, 2.45) is 5.14 Å². The highest BCUT2D eigenvalue weighted by atomic mass is 32.2. The van der Waals surface area contributed by atoms with Crippen LogP contribution in [0.3, 0.4) is 0 Å². The van der Waals surface area contributed by atoms with Crippen molar-refractivity contribution in [2.45, 2.75) is 23.7 Å². The maximum Gasteiger partial charge on any atom is 0.247 e. The highest BCUT2D eigenvalue weighted by Gasteiger charge is 2.22.